The van der Waals surface area contributed by atoms with Gasteiger partial charge in [0.1, 0.15) is 25.1 Å². The lowest BCUT2D eigenvalue weighted by molar-refractivity contribution is -0.137. The van der Waals surface area contributed by atoms with Gasteiger partial charge in [-0.1, -0.05) is 35.3 Å². The highest BCUT2D eigenvalue weighted by molar-refractivity contribution is 6.35. The minimum absolute atomic E-state index is 0.0636. The van der Waals surface area contributed by atoms with E-state index < -0.39 is 36.2 Å². The zero-order valence-electron chi connectivity index (χ0n) is 17.5. The van der Waals surface area contributed by atoms with Crippen molar-refractivity contribution in [1.82, 2.24) is 15.5 Å². The fourth-order valence-corrected chi connectivity index (χ4v) is 3.68. The van der Waals surface area contributed by atoms with E-state index in [1.54, 1.807) is 0 Å². The summed E-state index contributed by atoms with van der Waals surface area (Å²) in [5.74, 6) is -1.83. The molecule has 0 aliphatic carbocycles. The molecular weight excluding hydrogens is 517 g/mol. The predicted molar refractivity (Wildman–Crippen MR) is 117 cm³/mol. The second-order valence-corrected chi connectivity index (χ2v) is 8.03. The second-order valence-electron chi connectivity index (χ2n) is 7.18. The summed E-state index contributed by atoms with van der Waals surface area (Å²) in [5.41, 5.74) is -1.18. The molecule has 0 saturated carbocycles. The summed E-state index contributed by atoms with van der Waals surface area (Å²) >= 11 is 11.8. The quantitative estimate of drug-likeness (QED) is 0.404. The van der Waals surface area contributed by atoms with Crippen molar-refractivity contribution in [3.05, 3.63) is 69.2 Å². The van der Waals surface area contributed by atoms with Gasteiger partial charge in [-0.3, -0.25) is 4.79 Å². The number of ether oxygens (including phenoxy) is 3. The molecule has 0 fully saturated rings. The summed E-state index contributed by atoms with van der Waals surface area (Å²) in [5, 5.41) is 10.3. The molecule has 0 radical (unpaired) electrons. The predicted octanol–water partition coefficient (Wildman–Crippen LogP) is 5.81. The Bertz CT molecular complexity index is 1260. The van der Waals surface area contributed by atoms with Crippen molar-refractivity contribution < 1.29 is 36.6 Å². The van der Waals surface area contributed by atoms with E-state index in [4.69, 9.17) is 37.4 Å². The average Bonchev–Trinajstić information content (AvgIpc) is 2.82. The molecule has 7 nitrogen and oxygen atoms in total. The molecule has 2 aromatic carbocycles. The Balaban J connectivity index is 1.61. The first-order valence-corrected chi connectivity index (χ1v) is 10.8. The summed E-state index contributed by atoms with van der Waals surface area (Å²) in [4.78, 5) is 13.0. The fourth-order valence-electron chi connectivity index (χ4n) is 3.16. The number of hydrogen-bond donors (Lipinski definition) is 1. The smallest absolute Gasteiger partial charge is 0.416 e. The number of benzene rings is 2. The van der Waals surface area contributed by atoms with Gasteiger partial charge in [0.05, 0.1) is 12.1 Å². The molecular formula is C22H15Cl2F4N3O4. The van der Waals surface area contributed by atoms with E-state index in [0.717, 1.165) is 18.2 Å². The number of halogens is 6. The number of nitrogens with zero attached hydrogens (tertiary/aromatic N) is 2. The largest absolute Gasteiger partial charge is 0.484 e. The molecule has 1 aromatic heterocycles. The highest BCUT2D eigenvalue weighted by Gasteiger charge is 2.32. The van der Waals surface area contributed by atoms with E-state index in [9.17, 15) is 22.4 Å². The second kappa shape index (κ2) is 10.1. The van der Waals surface area contributed by atoms with Crippen LogP contribution in [0.15, 0.2) is 42.5 Å². The van der Waals surface area contributed by atoms with E-state index in [1.807, 2.05) is 0 Å². The Labute approximate surface area is 205 Å². The summed E-state index contributed by atoms with van der Waals surface area (Å²) in [6.45, 7) is -0.298. The maximum Gasteiger partial charge on any atom is 0.416 e. The van der Waals surface area contributed by atoms with Crippen molar-refractivity contribution in [3.8, 4) is 23.3 Å². The first kappa shape index (κ1) is 24.8. The average molecular weight is 532 g/mol. The molecule has 184 valence electrons. The van der Waals surface area contributed by atoms with Crippen LogP contribution in [0.3, 0.4) is 0 Å². The number of amides is 1. The van der Waals surface area contributed by atoms with Crippen molar-refractivity contribution >= 4 is 29.1 Å². The maximum atomic E-state index is 14.8. The van der Waals surface area contributed by atoms with Gasteiger partial charge >= 0.3 is 6.18 Å². The van der Waals surface area contributed by atoms with Crippen LogP contribution in [0.2, 0.25) is 10.0 Å². The van der Waals surface area contributed by atoms with Gasteiger partial charge in [0.25, 0.3) is 17.7 Å². The Kier molecular flexibility index (Phi) is 7.18. The minimum Gasteiger partial charge on any atom is -0.484 e. The van der Waals surface area contributed by atoms with E-state index >= 15 is 0 Å². The third-order valence-corrected chi connectivity index (χ3v) is 5.34. The minimum atomic E-state index is -4.61. The lowest BCUT2D eigenvalue weighted by Crippen LogP contribution is -2.30. The van der Waals surface area contributed by atoms with Crippen LogP contribution < -0.4 is 19.5 Å². The highest BCUT2D eigenvalue weighted by Crippen LogP contribution is 2.39. The Morgan fingerprint density at radius 1 is 1.11 bits per heavy atom. The first-order valence-electron chi connectivity index (χ1n) is 10.0. The van der Waals surface area contributed by atoms with Gasteiger partial charge < -0.3 is 19.5 Å². The summed E-state index contributed by atoms with van der Waals surface area (Å²) < 4.78 is 70.2. The molecule has 2 heterocycles. The molecule has 0 spiro atoms. The van der Waals surface area contributed by atoms with Gasteiger partial charge in [-0.15, -0.1) is 10.2 Å². The van der Waals surface area contributed by atoms with Crippen LogP contribution in [0, 0.1) is 0 Å². The number of aromatic nitrogens is 2. The third kappa shape index (κ3) is 5.68. The molecule has 1 amide bonds. The molecule has 1 aliphatic heterocycles. The van der Waals surface area contributed by atoms with Gasteiger partial charge in [-0.25, -0.2) is 4.39 Å². The summed E-state index contributed by atoms with van der Waals surface area (Å²) in [6, 6.07) is 8.17. The molecule has 4 rings (SSSR count). The molecule has 1 aliphatic rings. The number of nitrogens with one attached hydrogen (secondary N) is 1. The standard InChI is InChI=1S/C22H15Cl2F4N3O4/c23-12-4-5-14(15(24)9-12)16(25)10-29-19(32)17-18-21(34-7-6-33-18)31-30-20(17)35-13-3-1-2-11(8-13)22(26,27)28/h1-5,8-9,16H,6-7,10H2,(H,29,32)/t16-/m0/s1. The molecule has 13 heteroatoms. The number of carbonyl (C=O) groups excluding carboxylic acids is 1. The fraction of sp³-hybridized carbons (Fsp3) is 0.227. The van der Waals surface area contributed by atoms with E-state index in [1.165, 1.54) is 24.3 Å². The van der Waals surface area contributed by atoms with Crippen LogP contribution in [0.25, 0.3) is 0 Å². The lowest BCUT2D eigenvalue weighted by atomic mass is 10.1. The van der Waals surface area contributed by atoms with E-state index in [0.29, 0.717) is 5.02 Å². The Morgan fingerprint density at radius 3 is 2.63 bits per heavy atom. The number of alkyl halides is 4. The number of hydrogen-bond acceptors (Lipinski definition) is 6. The van der Waals surface area contributed by atoms with Crippen molar-refractivity contribution in [2.45, 2.75) is 12.3 Å². The normalized spacial score (nSPS) is 13.8. The number of carbonyl (C=O) groups is 1. The molecule has 35 heavy (non-hydrogen) atoms. The van der Waals surface area contributed by atoms with Crippen molar-refractivity contribution in [2.75, 3.05) is 19.8 Å². The van der Waals surface area contributed by atoms with E-state index in [2.05, 4.69) is 15.5 Å². The monoisotopic (exact) mass is 531 g/mol. The Hall–Kier alpha value is -3.31. The summed E-state index contributed by atoms with van der Waals surface area (Å²) in [6.07, 6.45) is -6.31. The SMILES string of the molecule is O=C(NC[C@H](F)c1ccc(Cl)cc1Cl)c1c(Oc2cccc(C(F)(F)F)c2)nnc2c1OCCO2. The van der Waals surface area contributed by atoms with Crippen LogP contribution in [0.1, 0.15) is 27.7 Å². The van der Waals surface area contributed by atoms with Gasteiger partial charge in [0.2, 0.25) is 5.75 Å². The van der Waals surface area contributed by atoms with Crippen molar-refractivity contribution in [1.29, 1.82) is 0 Å². The molecule has 0 unspecified atom stereocenters. The third-order valence-electron chi connectivity index (χ3n) is 4.78. The van der Waals surface area contributed by atoms with Gasteiger partial charge in [-0.05, 0) is 30.3 Å². The van der Waals surface area contributed by atoms with E-state index in [-0.39, 0.29) is 46.7 Å². The number of fused-ring (bicyclic) bond motifs is 1. The van der Waals surface area contributed by atoms with Gasteiger partial charge in [-0.2, -0.15) is 13.2 Å². The molecule has 3 aromatic rings. The lowest BCUT2D eigenvalue weighted by Gasteiger charge is -2.21. The molecule has 0 bridgehead atoms. The van der Waals surface area contributed by atoms with Crippen LogP contribution in [-0.4, -0.2) is 35.9 Å². The molecule has 0 saturated heterocycles. The van der Waals surface area contributed by atoms with Gasteiger partial charge in [0.15, 0.2) is 5.56 Å². The zero-order chi connectivity index (χ0) is 25.2. The zero-order valence-corrected chi connectivity index (χ0v) is 19.0. The van der Waals surface area contributed by atoms with Crippen molar-refractivity contribution in [2.24, 2.45) is 0 Å². The van der Waals surface area contributed by atoms with Crippen molar-refractivity contribution in [3.63, 3.8) is 0 Å². The first-order chi connectivity index (χ1) is 16.6. The molecule has 1 N–H and O–H groups in total. The van der Waals surface area contributed by atoms with Crippen LogP contribution >= 0.6 is 23.2 Å². The maximum absolute atomic E-state index is 14.8. The van der Waals surface area contributed by atoms with Crippen LogP contribution in [0.5, 0.6) is 23.3 Å². The number of rotatable bonds is 6. The molecule has 1 atom stereocenters. The van der Waals surface area contributed by atoms with Crippen LogP contribution in [-0.2, 0) is 6.18 Å². The Morgan fingerprint density at radius 2 is 1.89 bits per heavy atom. The topological polar surface area (TPSA) is 82.6 Å². The highest BCUT2D eigenvalue weighted by atomic mass is 35.5. The van der Waals surface area contributed by atoms with Gasteiger partial charge in [0, 0.05) is 15.6 Å². The summed E-state index contributed by atoms with van der Waals surface area (Å²) in [7, 11) is 0. The van der Waals surface area contributed by atoms with Crippen LogP contribution in [0.4, 0.5) is 17.6 Å².